The molecule has 0 saturated heterocycles. The number of hydrogen-bond acceptors (Lipinski definition) is 2. The Labute approximate surface area is 153 Å². The average molecular weight is 403 g/mol. The van der Waals surface area contributed by atoms with E-state index in [0.717, 1.165) is 26.2 Å². The monoisotopic (exact) mass is 402 g/mol. The summed E-state index contributed by atoms with van der Waals surface area (Å²) in [5.74, 6) is 0.721. The minimum Gasteiger partial charge on any atom is -0.350 e. The van der Waals surface area contributed by atoms with Crippen LogP contribution in [0.5, 0.6) is 0 Å². The zero-order valence-electron chi connectivity index (χ0n) is 13.5. The first-order chi connectivity index (χ1) is 11.6. The van der Waals surface area contributed by atoms with Crippen molar-refractivity contribution < 1.29 is 4.79 Å². The number of nitrogens with zero attached hydrogens (tertiary/aromatic N) is 1. The molecule has 124 valence electrons. The molecule has 1 aliphatic carbocycles. The predicted octanol–water partition coefficient (Wildman–Crippen LogP) is 4.96. The average Bonchev–Trinajstić information content (AvgIpc) is 3.24. The van der Waals surface area contributed by atoms with Crippen molar-refractivity contribution in [3.63, 3.8) is 0 Å². The Balaban J connectivity index is 1.67. The molecule has 0 aliphatic heterocycles. The molecule has 0 bridgehead atoms. The zero-order chi connectivity index (χ0) is 16.7. The van der Waals surface area contributed by atoms with Gasteiger partial charge in [-0.3, -0.25) is 4.79 Å². The maximum atomic E-state index is 12.7. The number of fused-ring (bicyclic) bond motifs is 1. The number of halogens is 1. The Morgan fingerprint density at radius 2 is 2.04 bits per heavy atom. The Hall–Kier alpha value is -1.59. The predicted molar refractivity (Wildman–Crippen MR) is 103 cm³/mol. The second kappa shape index (κ2) is 6.37. The molecular formula is C19H19BrN2OS. The zero-order valence-corrected chi connectivity index (χ0v) is 15.9. The summed E-state index contributed by atoms with van der Waals surface area (Å²) in [5, 5.41) is 3.09. The van der Waals surface area contributed by atoms with Crippen molar-refractivity contribution in [2.45, 2.75) is 26.3 Å². The quantitative estimate of drug-likeness (QED) is 0.642. The van der Waals surface area contributed by atoms with Crippen molar-refractivity contribution in [3.8, 4) is 0 Å². The van der Waals surface area contributed by atoms with Crippen molar-refractivity contribution in [1.82, 2.24) is 9.88 Å². The SMILES string of the molecule is Cc1ccc(Cn2c(C(=O)NCC3CC3)cc3sc(Br)cc32)cc1. The molecule has 3 aromatic rings. The maximum absolute atomic E-state index is 12.7. The smallest absolute Gasteiger partial charge is 0.267 e. The summed E-state index contributed by atoms with van der Waals surface area (Å²) >= 11 is 5.23. The number of nitrogens with one attached hydrogen (secondary N) is 1. The third-order valence-corrected chi connectivity index (χ3v) is 6.08. The molecule has 1 aromatic carbocycles. The Morgan fingerprint density at radius 1 is 1.29 bits per heavy atom. The number of aryl methyl sites for hydroxylation is 1. The van der Waals surface area contributed by atoms with Crippen molar-refractivity contribution in [2.75, 3.05) is 6.54 Å². The van der Waals surface area contributed by atoms with Gasteiger partial charge < -0.3 is 9.88 Å². The molecule has 0 spiro atoms. The van der Waals surface area contributed by atoms with Gasteiger partial charge >= 0.3 is 0 Å². The minimum absolute atomic E-state index is 0.0357. The van der Waals surface area contributed by atoms with Crippen LogP contribution in [0.15, 0.2) is 40.2 Å². The van der Waals surface area contributed by atoms with E-state index in [0.29, 0.717) is 12.5 Å². The van der Waals surface area contributed by atoms with Crippen LogP contribution >= 0.6 is 27.3 Å². The minimum atomic E-state index is 0.0357. The lowest BCUT2D eigenvalue weighted by Gasteiger charge is -2.11. The summed E-state index contributed by atoms with van der Waals surface area (Å²) in [7, 11) is 0. The van der Waals surface area contributed by atoms with Gasteiger partial charge in [0.15, 0.2) is 0 Å². The first-order valence-corrected chi connectivity index (χ1v) is 9.83. The van der Waals surface area contributed by atoms with Crippen LogP contribution in [0, 0.1) is 12.8 Å². The first kappa shape index (κ1) is 15.9. The second-order valence-electron chi connectivity index (χ2n) is 6.55. The summed E-state index contributed by atoms with van der Waals surface area (Å²) in [5.41, 5.74) is 4.32. The van der Waals surface area contributed by atoms with Gasteiger partial charge in [0.25, 0.3) is 5.91 Å². The number of benzene rings is 1. The van der Waals surface area contributed by atoms with E-state index < -0.39 is 0 Å². The van der Waals surface area contributed by atoms with Gasteiger partial charge in [0.05, 0.1) is 14.0 Å². The lowest BCUT2D eigenvalue weighted by Crippen LogP contribution is -2.27. The van der Waals surface area contributed by atoms with Crippen molar-refractivity contribution in [1.29, 1.82) is 0 Å². The molecule has 0 radical (unpaired) electrons. The number of amides is 1. The van der Waals surface area contributed by atoms with Crippen molar-refractivity contribution in [3.05, 3.63) is 57.0 Å². The van der Waals surface area contributed by atoms with E-state index in [1.807, 2.05) is 6.07 Å². The van der Waals surface area contributed by atoms with Gasteiger partial charge in [-0.25, -0.2) is 0 Å². The number of rotatable bonds is 5. The van der Waals surface area contributed by atoms with E-state index in [1.54, 1.807) is 11.3 Å². The van der Waals surface area contributed by atoms with Gasteiger partial charge in [-0.05, 0) is 59.3 Å². The van der Waals surface area contributed by atoms with Crippen LogP contribution in [0.25, 0.3) is 10.2 Å². The van der Waals surface area contributed by atoms with Crippen LogP contribution in [0.3, 0.4) is 0 Å². The number of carbonyl (C=O) groups excluding carboxylic acids is 1. The molecule has 0 atom stereocenters. The summed E-state index contributed by atoms with van der Waals surface area (Å²) in [6, 6.07) is 12.6. The van der Waals surface area contributed by atoms with Gasteiger partial charge in [0, 0.05) is 13.1 Å². The number of hydrogen-bond donors (Lipinski definition) is 1. The van der Waals surface area contributed by atoms with E-state index in [9.17, 15) is 4.79 Å². The molecular weight excluding hydrogens is 384 g/mol. The van der Waals surface area contributed by atoms with E-state index >= 15 is 0 Å². The van der Waals surface area contributed by atoms with Crippen LogP contribution in [-0.4, -0.2) is 17.0 Å². The summed E-state index contributed by atoms with van der Waals surface area (Å²) in [6.45, 7) is 3.59. The fourth-order valence-electron chi connectivity index (χ4n) is 2.90. The Morgan fingerprint density at radius 3 is 2.75 bits per heavy atom. The van der Waals surface area contributed by atoms with Crippen molar-refractivity contribution in [2.24, 2.45) is 5.92 Å². The second-order valence-corrected chi connectivity index (χ2v) is 9.02. The molecule has 1 fully saturated rings. The topological polar surface area (TPSA) is 34.0 Å². The number of thiophene rings is 1. The van der Waals surface area contributed by atoms with Crippen molar-refractivity contribution >= 4 is 43.4 Å². The summed E-state index contributed by atoms with van der Waals surface area (Å²) < 4.78 is 4.37. The normalized spacial score (nSPS) is 14.2. The number of carbonyl (C=O) groups is 1. The van der Waals surface area contributed by atoms with E-state index in [4.69, 9.17) is 0 Å². The van der Waals surface area contributed by atoms with Crippen LogP contribution < -0.4 is 5.32 Å². The van der Waals surface area contributed by atoms with Gasteiger partial charge in [0.2, 0.25) is 0 Å². The van der Waals surface area contributed by atoms with E-state index in [-0.39, 0.29) is 5.91 Å². The highest BCUT2D eigenvalue weighted by atomic mass is 79.9. The summed E-state index contributed by atoms with van der Waals surface area (Å²) in [4.78, 5) is 12.7. The largest absolute Gasteiger partial charge is 0.350 e. The Bertz CT molecular complexity index is 890. The highest BCUT2D eigenvalue weighted by molar-refractivity contribution is 9.11. The third kappa shape index (κ3) is 3.28. The molecule has 2 heterocycles. The summed E-state index contributed by atoms with van der Waals surface area (Å²) in [6.07, 6.45) is 2.49. The van der Waals surface area contributed by atoms with Gasteiger partial charge in [-0.1, -0.05) is 29.8 Å². The van der Waals surface area contributed by atoms with Crippen LogP contribution in [-0.2, 0) is 6.54 Å². The van der Waals surface area contributed by atoms with Crippen LogP contribution in [0.1, 0.15) is 34.5 Å². The lowest BCUT2D eigenvalue weighted by molar-refractivity contribution is 0.0943. The molecule has 4 rings (SSSR count). The molecule has 0 unspecified atom stereocenters. The van der Waals surface area contributed by atoms with E-state index in [1.165, 1.54) is 24.0 Å². The lowest BCUT2D eigenvalue weighted by atomic mass is 10.1. The van der Waals surface area contributed by atoms with Crippen LogP contribution in [0.4, 0.5) is 0 Å². The standard InChI is InChI=1S/C19H19BrN2OS/c1-12-2-4-14(5-3-12)11-22-15-9-18(20)24-17(15)8-16(22)19(23)21-10-13-6-7-13/h2-5,8-9,13H,6-7,10-11H2,1H3,(H,21,23). The van der Waals surface area contributed by atoms with Gasteiger partial charge in [-0.15, -0.1) is 11.3 Å². The molecule has 3 nitrogen and oxygen atoms in total. The van der Waals surface area contributed by atoms with Gasteiger partial charge in [0.1, 0.15) is 5.69 Å². The van der Waals surface area contributed by atoms with E-state index in [2.05, 4.69) is 63.1 Å². The molecule has 1 N–H and O–H groups in total. The fraction of sp³-hybridized carbons (Fsp3) is 0.316. The molecule has 2 aromatic heterocycles. The van der Waals surface area contributed by atoms with Gasteiger partial charge in [-0.2, -0.15) is 0 Å². The van der Waals surface area contributed by atoms with Crippen LogP contribution in [0.2, 0.25) is 0 Å². The fourth-order valence-corrected chi connectivity index (χ4v) is 4.46. The molecule has 1 aliphatic rings. The Kier molecular flexibility index (Phi) is 4.22. The first-order valence-electron chi connectivity index (χ1n) is 8.22. The molecule has 5 heteroatoms. The third-order valence-electron chi connectivity index (χ3n) is 4.50. The highest BCUT2D eigenvalue weighted by Crippen LogP contribution is 2.33. The highest BCUT2D eigenvalue weighted by Gasteiger charge is 2.23. The molecule has 1 saturated carbocycles. The number of aromatic nitrogens is 1. The molecule has 24 heavy (non-hydrogen) atoms. The molecule has 1 amide bonds. The maximum Gasteiger partial charge on any atom is 0.267 e.